The van der Waals surface area contributed by atoms with Crippen molar-refractivity contribution >= 4 is 22.8 Å². The van der Waals surface area contributed by atoms with Crippen LogP contribution in [0, 0.1) is 0 Å². The second-order valence-electron chi connectivity index (χ2n) is 5.02. The minimum atomic E-state index is -1.08. The number of methoxy groups -OCH3 is 1. The lowest BCUT2D eigenvalue weighted by atomic mass is 10.1. The van der Waals surface area contributed by atoms with Gasteiger partial charge in [-0.05, 0) is 30.3 Å². The normalized spacial score (nSPS) is 10.5. The summed E-state index contributed by atoms with van der Waals surface area (Å²) in [6.07, 6.45) is 0. The van der Waals surface area contributed by atoms with Gasteiger partial charge in [-0.15, -0.1) is 0 Å². The third-order valence-electron chi connectivity index (χ3n) is 3.51. The number of esters is 1. The highest BCUT2D eigenvalue weighted by Crippen LogP contribution is 2.19. The van der Waals surface area contributed by atoms with E-state index < -0.39 is 11.9 Å². The molecule has 0 unspecified atom stereocenters. The SMILES string of the molecule is COC(=O)c1ccc2c(=O)[nH]c(-c3cccc(C(=O)O)c3)nc2c1. The van der Waals surface area contributed by atoms with E-state index in [1.807, 2.05) is 0 Å². The Bertz CT molecular complexity index is 1020. The summed E-state index contributed by atoms with van der Waals surface area (Å²) in [5.74, 6) is -1.39. The molecule has 3 aromatic rings. The number of carbonyl (C=O) groups is 2. The number of fused-ring (bicyclic) bond motifs is 1. The predicted molar refractivity (Wildman–Crippen MR) is 86.1 cm³/mol. The molecule has 0 aliphatic carbocycles. The van der Waals surface area contributed by atoms with Crippen LogP contribution in [0.15, 0.2) is 47.3 Å². The molecule has 3 rings (SSSR count). The van der Waals surface area contributed by atoms with E-state index >= 15 is 0 Å². The topological polar surface area (TPSA) is 109 Å². The van der Waals surface area contributed by atoms with E-state index in [1.165, 1.54) is 37.4 Å². The maximum Gasteiger partial charge on any atom is 0.337 e. The Morgan fingerprint density at radius 2 is 1.92 bits per heavy atom. The van der Waals surface area contributed by atoms with Crippen LogP contribution >= 0.6 is 0 Å². The number of rotatable bonds is 3. The Kier molecular flexibility index (Phi) is 3.83. The van der Waals surface area contributed by atoms with E-state index in [0.29, 0.717) is 16.5 Å². The molecule has 0 saturated carbocycles. The number of aromatic carboxylic acids is 1. The van der Waals surface area contributed by atoms with Gasteiger partial charge in [-0.1, -0.05) is 12.1 Å². The van der Waals surface area contributed by atoms with Crippen LogP contribution in [0.25, 0.3) is 22.3 Å². The van der Waals surface area contributed by atoms with Crippen molar-refractivity contribution in [1.29, 1.82) is 0 Å². The quantitative estimate of drug-likeness (QED) is 0.714. The van der Waals surface area contributed by atoms with Gasteiger partial charge in [-0.3, -0.25) is 4.79 Å². The van der Waals surface area contributed by atoms with Crippen LogP contribution in [0.4, 0.5) is 0 Å². The van der Waals surface area contributed by atoms with Crippen molar-refractivity contribution in [1.82, 2.24) is 9.97 Å². The number of carboxylic acid groups (broad SMARTS) is 1. The van der Waals surface area contributed by atoms with Crippen LogP contribution in [0.3, 0.4) is 0 Å². The maximum atomic E-state index is 12.2. The third-order valence-corrected chi connectivity index (χ3v) is 3.51. The molecule has 0 atom stereocenters. The molecule has 0 aliphatic heterocycles. The lowest BCUT2D eigenvalue weighted by molar-refractivity contribution is 0.0600. The number of aromatic nitrogens is 2. The van der Waals surface area contributed by atoms with Gasteiger partial charge in [0.25, 0.3) is 5.56 Å². The highest BCUT2D eigenvalue weighted by Gasteiger charge is 2.12. The molecule has 7 nitrogen and oxygen atoms in total. The molecule has 0 fully saturated rings. The van der Waals surface area contributed by atoms with Crippen molar-refractivity contribution < 1.29 is 19.4 Å². The number of aromatic amines is 1. The largest absolute Gasteiger partial charge is 0.478 e. The number of nitrogens with one attached hydrogen (secondary N) is 1. The number of hydrogen-bond donors (Lipinski definition) is 2. The summed E-state index contributed by atoms with van der Waals surface area (Å²) in [7, 11) is 1.26. The Morgan fingerprint density at radius 3 is 2.62 bits per heavy atom. The molecule has 0 saturated heterocycles. The van der Waals surface area contributed by atoms with E-state index in [4.69, 9.17) is 5.11 Å². The number of carboxylic acids is 1. The van der Waals surface area contributed by atoms with E-state index in [-0.39, 0.29) is 22.5 Å². The Morgan fingerprint density at radius 1 is 1.12 bits per heavy atom. The molecule has 0 spiro atoms. The Hall–Kier alpha value is -3.48. The molecule has 2 N–H and O–H groups in total. The van der Waals surface area contributed by atoms with Crippen molar-refractivity contribution in [3.63, 3.8) is 0 Å². The van der Waals surface area contributed by atoms with Gasteiger partial charge in [0.05, 0.1) is 29.1 Å². The first kappa shape index (κ1) is 15.4. The van der Waals surface area contributed by atoms with Crippen molar-refractivity contribution in [2.45, 2.75) is 0 Å². The molecule has 0 amide bonds. The van der Waals surface area contributed by atoms with Gasteiger partial charge < -0.3 is 14.8 Å². The molecular formula is C17H12N2O5. The fourth-order valence-electron chi connectivity index (χ4n) is 2.32. The zero-order valence-electron chi connectivity index (χ0n) is 12.6. The molecule has 1 aromatic heterocycles. The number of carbonyl (C=O) groups excluding carboxylic acids is 1. The minimum absolute atomic E-state index is 0.0820. The number of hydrogen-bond acceptors (Lipinski definition) is 5. The van der Waals surface area contributed by atoms with Gasteiger partial charge in [-0.2, -0.15) is 0 Å². The lowest BCUT2D eigenvalue weighted by Gasteiger charge is -2.05. The zero-order valence-corrected chi connectivity index (χ0v) is 12.6. The number of nitrogens with zero attached hydrogens (tertiary/aromatic N) is 1. The van der Waals surface area contributed by atoms with Crippen LogP contribution in [-0.2, 0) is 4.74 Å². The van der Waals surface area contributed by atoms with Gasteiger partial charge in [0.2, 0.25) is 0 Å². The van der Waals surface area contributed by atoms with Crippen LogP contribution < -0.4 is 5.56 Å². The Labute approximate surface area is 135 Å². The van der Waals surface area contributed by atoms with Crippen molar-refractivity contribution in [2.24, 2.45) is 0 Å². The van der Waals surface area contributed by atoms with E-state index in [9.17, 15) is 14.4 Å². The van der Waals surface area contributed by atoms with Gasteiger partial charge in [0.15, 0.2) is 0 Å². The molecular weight excluding hydrogens is 312 g/mol. The molecule has 24 heavy (non-hydrogen) atoms. The molecule has 0 aliphatic rings. The fraction of sp³-hybridized carbons (Fsp3) is 0.0588. The molecule has 2 aromatic carbocycles. The second kappa shape index (κ2) is 5.96. The van der Waals surface area contributed by atoms with E-state index in [1.54, 1.807) is 12.1 Å². The predicted octanol–water partition coefficient (Wildman–Crippen LogP) is 2.07. The second-order valence-corrected chi connectivity index (χ2v) is 5.02. The Balaban J connectivity index is 2.19. The molecule has 1 heterocycles. The minimum Gasteiger partial charge on any atom is -0.478 e. The zero-order chi connectivity index (χ0) is 17.3. The first-order valence-corrected chi connectivity index (χ1v) is 6.95. The molecule has 0 bridgehead atoms. The first-order chi connectivity index (χ1) is 11.5. The first-order valence-electron chi connectivity index (χ1n) is 6.95. The summed E-state index contributed by atoms with van der Waals surface area (Å²) in [6.45, 7) is 0. The number of benzene rings is 2. The summed E-state index contributed by atoms with van der Waals surface area (Å²) in [5.41, 5.74) is 0.744. The van der Waals surface area contributed by atoms with E-state index in [2.05, 4.69) is 14.7 Å². The average molecular weight is 324 g/mol. The van der Waals surface area contributed by atoms with Gasteiger partial charge >= 0.3 is 11.9 Å². The van der Waals surface area contributed by atoms with Crippen LogP contribution in [0.1, 0.15) is 20.7 Å². The molecule has 7 heteroatoms. The number of H-pyrrole nitrogens is 1. The maximum absolute atomic E-state index is 12.2. The van der Waals surface area contributed by atoms with Crippen LogP contribution in [-0.4, -0.2) is 34.1 Å². The lowest BCUT2D eigenvalue weighted by Crippen LogP contribution is -2.11. The summed E-state index contributed by atoms with van der Waals surface area (Å²) >= 11 is 0. The standard InChI is InChI=1S/C17H12N2O5/c1-24-17(23)11-5-6-12-13(8-11)18-14(19-15(12)20)9-3-2-4-10(7-9)16(21)22/h2-8H,1H3,(H,21,22)(H,18,19,20). The van der Waals surface area contributed by atoms with Gasteiger partial charge in [-0.25, -0.2) is 14.6 Å². The van der Waals surface area contributed by atoms with Crippen LogP contribution in [0.5, 0.6) is 0 Å². The monoisotopic (exact) mass is 324 g/mol. The van der Waals surface area contributed by atoms with E-state index in [0.717, 1.165) is 0 Å². The van der Waals surface area contributed by atoms with Crippen molar-refractivity contribution in [3.05, 3.63) is 63.9 Å². The highest BCUT2D eigenvalue weighted by molar-refractivity contribution is 5.94. The summed E-state index contributed by atoms with van der Waals surface area (Å²) < 4.78 is 4.65. The van der Waals surface area contributed by atoms with Crippen molar-refractivity contribution in [3.8, 4) is 11.4 Å². The fourth-order valence-corrected chi connectivity index (χ4v) is 2.32. The third kappa shape index (κ3) is 2.74. The average Bonchev–Trinajstić information content (AvgIpc) is 2.60. The smallest absolute Gasteiger partial charge is 0.337 e. The van der Waals surface area contributed by atoms with Crippen molar-refractivity contribution in [2.75, 3.05) is 7.11 Å². The van der Waals surface area contributed by atoms with Gasteiger partial charge in [0.1, 0.15) is 5.82 Å². The van der Waals surface area contributed by atoms with Gasteiger partial charge in [0, 0.05) is 5.56 Å². The number of ether oxygens (including phenoxy) is 1. The molecule has 120 valence electrons. The molecule has 0 radical (unpaired) electrons. The summed E-state index contributed by atoms with van der Waals surface area (Å²) in [6, 6.07) is 10.5. The highest BCUT2D eigenvalue weighted by atomic mass is 16.5. The summed E-state index contributed by atoms with van der Waals surface area (Å²) in [5, 5.41) is 9.38. The summed E-state index contributed by atoms with van der Waals surface area (Å²) in [4.78, 5) is 41.8. The van der Waals surface area contributed by atoms with Crippen LogP contribution in [0.2, 0.25) is 0 Å².